The molecule has 0 spiro atoms. The van der Waals surface area contributed by atoms with E-state index in [0.29, 0.717) is 0 Å². The lowest BCUT2D eigenvalue weighted by Crippen LogP contribution is -1.93. The molecule has 0 bridgehead atoms. The number of para-hydroxylation sites is 1. The number of nitrogens with one attached hydrogen (secondary N) is 1. The molecule has 0 unspecified atom stereocenters. The molecule has 0 radical (unpaired) electrons. The van der Waals surface area contributed by atoms with E-state index in [9.17, 15) is 0 Å². The molecule has 0 aliphatic heterocycles. The lowest BCUT2D eigenvalue weighted by Gasteiger charge is -2.08. The molecule has 21 heavy (non-hydrogen) atoms. The monoisotopic (exact) mass is 270 g/mol. The molecule has 0 atom stereocenters. The molecule has 0 aliphatic rings. The second-order valence-corrected chi connectivity index (χ2v) is 5.08. The van der Waals surface area contributed by atoms with Gasteiger partial charge in [0.25, 0.3) is 0 Å². The first-order chi connectivity index (χ1) is 10.4. The summed E-state index contributed by atoms with van der Waals surface area (Å²) in [5.41, 5.74) is 2.06. The molecular weight excluding hydrogens is 256 g/mol. The number of pyridine rings is 1. The highest BCUT2D eigenvalue weighted by atomic mass is 15.0. The molecule has 3 aromatic carbocycles. The third-order valence-corrected chi connectivity index (χ3v) is 3.62. The smallest absolute Gasteiger partial charge is 0.131 e. The molecule has 0 saturated carbocycles. The minimum Gasteiger partial charge on any atom is -0.340 e. The minimum absolute atomic E-state index is 0.865. The summed E-state index contributed by atoms with van der Waals surface area (Å²) < 4.78 is 0. The molecule has 0 saturated heterocycles. The summed E-state index contributed by atoms with van der Waals surface area (Å²) in [6.07, 6.45) is 0. The maximum Gasteiger partial charge on any atom is 0.131 e. The lowest BCUT2D eigenvalue weighted by molar-refractivity contribution is 1.37. The van der Waals surface area contributed by atoms with Crippen LogP contribution in [0.1, 0.15) is 0 Å². The van der Waals surface area contributed by atoms with Crippen LogP contribution in [0.4, 0.5) is 11.5 Å². The number of benzene rings is 3. The fourth-order valence-corrected chi connectivity index (χ4v) is 2.55. The van der Waals surface area contributed by atoms with Crippen LogP contribution in [0.15, 0.2) is 78.9 Å². The highest BCUT2D eigenvalue weighted by Gasteiger charge is 2.00. The Morgan fingerprint density at radius 1 is 0.619 bits per heavy atom. The molecule has 1 N–H and O–H groups in total. The van der Waals surface area contributed by atoms with E-state index in [0.717, 1.165) is 22.4 Å². The fourth-order valence-electron chi connectivity index (χ4n) is 2.55. The number of rotatable bonds is 2. The van der Waals surface area contributed by atoms with Crippen LogP contribution < -0.4 is 5.32 Å². The number of nitrogens with zero attached hydrogens (tertiary/aromatic N) is 1. The van der Waals surface area contributed by atoms with Crippen LogP contribution in [-0.2, 0) is 0 Å². The minimum atomic E-state index is 0.865. The first-order valence-corrected chi connectivity index (χ1v) is 7.00. The lowest BCUT2D eigenvalue weighted by atomic mass is 10.1. The van der Waals surface area contributed by atoms with Crippen molar-refractivity contribution in [2.24, 2.45) is 0 Å². The van der Waals surface area contributed by atoms with E-state index in [1.165, 1.54) is 10.8 Å². The van der Waals surface area contributed by atoms with E-state index in [2.05, 4.69) is 64.9 Å². The second-order valence-electron chi connectivity index (χ2n) is 5.08. The number of hydrogen-bond acceptors (Lipinski definition) is 2. The molecule has 2 nitrogen and oxygen atoms in total. The number of hydrogen-bond donors (Lipinski definition) is 1. The van der Waals surface area contributed by atoms with Gasteiger partial charge in [0, 0.05) is 11.1 Å². The van der Waals surface area contributed by atoms with Gasteiger partial charge >= 0.3 is 0 Å². The van der Waals surface area contributed by atoms with Crippen LogP contribution in [0.25, 0.3) is 21.7 Å². The quantitative estimate of drug-likeness (QED) is 0.546. The third-order valence-electron chi connectivity index (χ3n) is 3.62. The van der Waals surface area contributed by atoms with Crippen LogP contribution in [0.2, 0.25) is 0 Å². The van der Waals surface area contributed by atoms with Gasteiger partial charge in [0.2, 0.25) is 0 Å². The molecule has 4 aromatic rings. The SMILES string of the molecule is c1ccc2cc(Nc3ccc4ccccc4n3)ccc2c1. The van der Waals surface area contributed by atoms with Gasteiger partial charge < -0.3 is 5.32 Å². The van der Waals surface area contributed by atoms with E-state index in [4.69, 9.17) is 0 Å². The first kappa shape index (κ1) is 11.9. The van der Waals surface area contributed by atoms with Gasteiger partial charge in [-0.15, -0.1) is 0 Å². The van der Waals surface area contributed by atoms with Gasteiger partial charge in [-0.25, -0.2) is 4.98 Å². The Morgan fingerprint density at radius 3 is 2.24 bits per heavy atom. The topological polar surface area (TPSA) is 24.9 Å². The van der Waals surface area contributed by atoms with Crippen LogP contribution in [-0.4, -0.2) is 4.98 Å². The Balaban J connectivity index is 1.71. The Kier molecular flexibility index (Phi) is 2.79. The largest absolute Gasteiger partial charge is 0.340 e. The van der Waals surface area contributed by atoms with Crippen molar-refractivity contribution >= 4 is 33.2 Å². The van der Waals surface area contributed by atoms with Gasteiger partial charge in [-0.1, -0.05) is 48.5 Å². The summed E-state index contributed by atoms with van der Waals surface area (Å²) in [6.45, 7) is 0. The maximum atomic E-state index is 4.64. The predicted molar refractivity (Wildman–Crippen MR) is 89.0 cm³/mol. The summed E-state index contributed by atoms with van der Waals surface area (Å²) in [6, 6.07) is 26.9. The van der Waals surface area contributed by atoms with Gasteiger partial charge in [0.15, 0.2) is 0 Å². The number of aromatic nitrogens is 1. The molecule has 0 fully saturated rings. The first-order valence-electron chi connectivity index (χ1n) is 7.00. The van der Waals surface area contributed by atoms with E-state index >= 15 is 0 Å². The Hall–Kier alpha value is -2.87. The third kappa shape index (κ3) is 2.32. The van der Waals surface area contributed by atoms with Crippen molar-refractivity contribution in [3.8, 4) is 0 Å². The van der Waals surface area contributed by atoms with Crippen LogP contribution in [0.5, 0.6) is 0 Å². The van der Waals surface area contributed by atoms with Crippen molar-refractivity contribution < 1.29 is 0 Å². The van der Waals surface area contributed by atoms with Crippen molar-refractivity contribution in [3.63, 3.8) is 0 Å². The van der Waals surface area contributed by atoms with Gasteiger partial charge in [-0.3, -0.25) is 0 Å². The standard InChI is InChI=1S/C19H14N2/c1-2-7-16-13-17(11-9-14(16)5-1)20-19-12-10-15-6-3-4-8-18(15)21-19/h1-13H,(H,20,21). The Labute approximate surface area is 123 Å². The van der Waals surface area contributed by atoms with E-state index in [-0.39, 0.29) is 0 Å². The summed E-state index contributed by atoms with van der Waals surface area (Å²) in [4.78, 5) is 4.64. The molecule has 2 heteroatoms. The zero-order valence-corrected chi connectivity index (χ0v) is 11.5. The molecule has 4 rings (SSSR count). The summed E-state index contributed by atoms with van der Waals surface area (Å²) in [5.74, 6) is 0.865. The van der Waals surface area contributed by atoms with Gasteiger partial charge in [0.1, 0.15) is 5.82 Å². The summed E-state index contributed by atoms with van der Waals surface area (Å²) in [7, 11) is 0. The van der Waals surface area contributed by atoms with Crippen molar-refractivity contribution in [2.75, 3.05) is 5.32 Å². The van der Waals surface area contributed by atoms with E-state index in [1.807, 2.05) is 24.3 Å². The zero-order chi connectivity index (χ0) is 14.1. The molecule has 1 aromatic heterocycles. The number of anilines is 2. The molecule has 100 valence electrons. The summed E-state index contributed by atoms with van der Waals surface area (Å²) in [5, 5.41) is 7.00. The molecule has 0 amide bonds. The van der Waals surface area contributed by atoms with Crippen LogP contribution in [0.3, 0.4) is 0 Å². The van der Waals surface area contributed by atoms with Gasteiger partial charge in [-0.2, -0.15) is 0 Å². The predicted octanol–water partition coefficient (Wildman–Crippen LogP) is 5.13. The van der Waals surface area contributed by atoms with Gasteiger partial charge in [-0.05, 0) is 41.1 Å². The van der Waals surface area contributed by atoms with Crippen LogP contribution in [0, 0.1) is 0 Å². The highest BCUT2D eigenvalue weighted by molar-refractivity contribution is 5.87. The number of fused-ring (bicyclic) bond motifs is 2. The average molecular weight is 270 g/mol. The Bertz CT molecular complexity index is 851. The maximum absolute atomic E-state index is 4.64. The van der Waals surface area contributed by atoms with Crippen molar-refractivity contribution in [2.45, 2.75) is 0 Å². The van der Waals surface area contributed by atoms with E-state index < -0.39 is 0 Å². The van der Waals surface area contributed by atoms with Crippen molar-refractivity contribution in [1.82, 2.24) is 4.98 Å². The van der Waals surface area contributed by atoms with Crippen LogP contribution >= 0.6 is 0 Å². The highest BCUT2D eigenvalue weighted by Crippen LogP contribution is 2.22. The molecule has 0 aliphatic carbocycles. The van der Waals surface area contributed by atoms with Crippen molar-refractivity contribution in [1.29, 1.82) is 0 Å². The molecular formula is C19H14N2. The Morgan fingerprint density at radius 2 is 1.33 bits per heavy atom. The fraction of sp³-hybridized carbons (Fsp3) is 0. The van der Waals surface area contributed by atoms with Crippen molar-refractivity contribution in [3.05, 3.63) is 78.9 Å². The zero-order valence-electron chi connectivity index (χ0n) is 11.5. The normalized spacial score (nSPS) is 10.9. The summed E-state index contributed by atoms with van der Waals surface area (Å²) >= 11 is 0. The van der Waals surface area contributed by atoms with Gasteiger partial charge in [0.05, 0.1) is 5.52 Å². The average Bonchev–Trinajstić information content (AvgIpc) is 2.55. The van der Waals surface area contributed by atoms with E-state index in [1.54, 1.807) is 0 Å². The molecule has 1 heterocycles. The second kappa shape index (κ2) is 4.91.